The van der Waals surface area contributed by atoms with E-state index in [1.54, 1.807) is 4.57 Å². The SMILES string of the molecule is CC1COc2c([N+]3(C)CCNCC3)c(F)cc3c(=O)c(C(=O)OCC(O)CO)cn1c23. The van der Waals surface area contributed by atoms with E-state index in [1.807, 2.05) is 14.0 Å². The van der Waals surface area contributed by atoms with Crippen LogP contribution in [0.15, 0.2) is 17.1 Å². The van der Waals surface area contributed by atoms with Gasteiger partial charge in [-0.25, -0.2) is 9.18 Å². The second-order valence-corrected chi connectivity index (χ2v) is 8.40. The zero-order valence-corrected chi connectivity index (χ0v) is 17.6. The van der Waals surface area contributed by atoms with Crippen molar-refractivity contribution in [2.75, 3.05) is 53.0 Å². The number of quaternary nitrogens is 1. The van der Waals surface area contributed by atoms with E-state index < -0.39 is 36.5 Å². The summed E-state index contributed by atoms with van der Waals surface area (Å²) in [5, 5.41) is 21.6. The Bertz CT molecular complexity index is 1080. The number of nitrogens with zero attached hydrogens (tertiary/aromatic N) is 2. The van der Waals surface area contributed by atoms with Crippen LogP contribution in [0.4, 0.5) is 10.1 Å². The third kappa shape index (κ3) is 3.69. The van der Waals surface area contributed by atoms with Gasteiger partial charge in [0.15, 0.2) is 5.82 Å². The van der Waals surface area contributed by atoms with Gasteiger partial charge in [0.25, 0.3) is 0 Å². The molecule has 0 radical (unpaired) electrons. The maximum atomic E-state index is 15.4. The Morgan fingerprint density at radius 1 is 1.45 bits per heavy atom. The molecule has 168 valence electrons. The van der Waals surface area contributed by atoms with E-state index in [-0.39, 0.29) is 23.6 Å². The average molecular weight is 436 g/mol. The lowest BCUT2D eigenvalue weighted by molar-refractivity contribution is 0.00916. The molecule has 0 aliphatic carbocycles. The maximum Gasteiger partial charge on any atom is 0.343 e. The second kappa shape index (κ2) is 8.19. The molecule has 4 rings (SSSR count). The number of esters is 1. The molecule has 1 fully saturated rings. The Morgan fingerprint density at radius 3 is 2.84 bits per heavy atom. The first-order chi connectivity index (χ1) is 14.8. The van der Waals surface area contributed by atoms with Crippen molar-refractivity contribution >= 4 is 22.6 Å². The van der Waals surface area contributed by atoms with E-state index in [0.29, 0.717) is 34.5 Å². The molecule has 1 aromatic heterocycles. The molecule has 0 spiro atoms. The van der Waals surface area contributed by atoms with Crippen molar-refractivity contribution in [3.63, 3.8) is 0 Å². The molecule has 2 aromatic rings. The first-order valence-corrected chi connectivity index (χ1v) is 10.3. The summed E-state index contributed by atoms with van der Waals surface area (Å²) in [6, 6.07) is 0.982. The number of rotatable bonds is 5. The lowest BCUT2D eigenvalue weighted by atomic mass is 10.0. The van der Waals surface area contributed by atoms with Gasteiger partial charge in [-0.1, -0.05) is 0 Å². The molecule has 0 bridgehead atoms. The van der Waals surface area contributed by atoms with Crippen LogP contribution in [-0.2, 0) is 4.74 Å². The highest BCUT2D eigenvalue weighted by Gasteiger charge is 2.38. The maximum absolute atomic E-state index is 15.4. The summed E-state index contributed by atoms with van der Waals surface area (Å²) in [6.07, 6.45) is 0.169. The molecule has 2 atom stereocenters. The molecule has 0 amide bonds. The van der Waals surface area contributed by atoms with Crippen LogP contribution >= 0.6 is 0 Å². The number of aliphatic hydroxyl groups is 2. The highest BCUT2D eigenvalue weighted by atomic mass is 19.1. The number of nitrogens with one attached hydrogen (secondary N) is 1. The highest BCUT2D eigenvalue weighted by molar-refractivity contribution is 5.97. The summed E-state index contributed by atoms with van der Waals surface area (Å²) in [6.45, 7) is 3.94. The first kappa shape index (κ1) is 21.7. The number of ether oxygens (including phenoxy) is 2. The Hall–Kier alpha value is -2.53. The van der Waals surface area contributed by atoms with Crippen molar-refractivity contribution in [3.8, 4) is 5.75 Å². The quantitative estimate of drug-likeness (QED) is 0.452. The molecule has 3 heterocycles. The number of pyridine rings is 1. The van der Waals surface area contributed by atoms with Gasteiger partial charge >= 0.3 is 5.97 Å². The minimum atomic E-state index is -1.24. The molecule has 0 saturated carbocycles. The lowest BCUT2D eigenvalue weighted by Gasteiger charge is -2.39. The summed E-state index contributed by atoms with van der Waals surface area (Å²) in [5.74, 6) is -1.15. The van der Waals surface area contributed by atoms with Crippen LogP contribution in [-0.4, -0.2) is 79.9 Å². The molecule has 31 heavy (non-hydrogen) atoms. The van der Waals surface area contributed by atoms with Crippen LogP contribution in [0.5, 0.6) is 5.75 Å². The molecule has 9 nitrogen and oxygen atoms in total. The number of benzene rings is 1. The number of hydrogen-bond donors (Lipinski definition) is 3. The normalized spacial score (nSPS) is 20.9. The number of aliphatic hydroxyl groups excluding tert-OH is 2. The van der Waals surface area contributed by atoms with Crippen LogP contribution in [0.1, 0.15) is 23.3 Å². The van der Waals surface area contributed by atoms with E-state index in [4.69, 9.17) is 14.6 Å². The minimum absolute atomic E-state index is 0.0432. The van der Waals surface area contributed by atoms with Crippen LogP contribution in [0.2, 0.25) is 0 Å². The Labute approximate surface area is 178 Å². The number of carbonyl (C=O) groups excluding carboxylic acids is 1. The van der Waals surface area contributed by atoms with Gasteiger partial charge in [-0.05, 0) is 13.0 Å². The minimum Gasteiger partial charge on any atom is -0.484 e. The average Bonchev–Trinajstić information content (AvgIpc) is 2.75. The monoisotopic (exact) mass is 436 g/mol. The molecule has 2 aliphatic heterocycles. The van der Waals surface area contributed by atoms with Crippen molar-refractivity contribution in [1.82, 2.24) is 14.4 Å². The smallest absolute Gasteiger partial charge is 0.343 e. The summed E-state index contributed by atoms with van der Waals surface area (Å²) in [7, 11) is 1.95. The number of piperazine rings is 1. The van der Waals surface area contributed by atoms with Crippen molar-refractivity contribution in [3.05, 3.63) is 33.9 Å². The van der Waals surface area contributed by atoms with Crippen molar-refractivity contribution in [2.24, 2.45) is 0 Å². The zero-order valence-electron chi connectivity index (χ0n) is 17.6. The van der Waals surface area contributed by atoms with E-state index in [9.17, 15) is 14.7 Å². The van der Waals surface area contributed by atoms with Crippen molar-refractivity contribution in [2.45, 2.75) is 19.1 Å². The molecule has 2 unspecified atom stereocenters. The van der Waals surface area contributed by atoms with Crippen LogP contribution in [0.25, 0.3) is 10.9 Å². The lowest BCUT2D eigenvalue weighted by Crippen LogP contribution is -2.57. The van der Waals surface area contributed by atoms with Gasteiger partial charge in [0.05, 0.1) is 38.2 Å². The fourth-order valence-electron chi connectivity index (χ4n) is 4.27. The molecular formula is C21H27FN3O6+. The number of likely N-dealkylation sites (N-methyl/N-ethyl adjacent to an activating group) is 1. The van der Waals surface area contributed by atoms with Gasteiger partial charge in [0, 0.05) is 19.3 Å². The van der Waals surface area contributed by atoms with E-state index in [1.165, 1.54) is 12.3 Å². The fraction of sp³-hybridized carbons (Fsp3) is 0.524. The fourth-order valence-corrected chi connectivity index (χ4v) is 4.27. The number of carbonyl (C=O) groups is 1. The summed E-state index contributed by atoms with van der Waals surface area (Å²) >= 11 is 0. The Balaban J connectivity index is 1.89. The van der Waals surface area contributed by atoms with Gasteiger partial charge in [0.1, 0.15) is 30.4 Å². The number of hydrogen-bond acceptors (Lipinski definition) is 7. The largest absolute Gasteiger partial charge is 0.484 e. The third-order valence-electron chi connectivity index (χ3n) is 6.08. The first-order valence-electron chi connectivity index (χ1n) is 10.3. The van der Waals surface area contributed by atoms with Gasteiger partial charge in [0.2, 0.25) is 16.9 Å². The molecular weight excluding hydrogens is 409 g/mol. The topological polar surface area (TPSA) is 110 Å². The van der Waals surface area contributed by atoms with Gasteiger partial charge in [-0.15, -0.1) is 0 Å². The Kier molecular flexibility index (Phi) is 5.73. The summed E-state index contributed by atoms with van der Waals surface area (Å²) in [5.41, 5.74) is -0.0467. The summed E-state index contributed by atoms with van der Waals surface area (Å²) in [4.78, 5) is 25.6. The van der Waals surface area contributed by atoms with Gasteiger partial charge in [-0.3, -0.25) is 9.28 Å². The van der Waals surface area contributed by atoms with Crippen LogP contribution < -0.4 is 20.0 Å². The van der Waals surface area contributed by atoms with E-state index in [2.05, 4.69) is 5.32 Å². The third-order valence-corrected chi connectivity index (χ3v) is 6.08. The van der Waals surface area contributed by atoms with E-state index >= 15 is 4.39 Å². The molecule has 10 heteroatoms. The summed E-state index contributed by atoms with van der Waals surface area (Å²) < 4.78 is 28.5. The van der Waals surface area contributed by atoms with Gasteiger partial charge in [-0.2, -0.15) is 0 Å². The van der Waals surface area contributed by atoms with Gasteiger partial charge < -0.3 is 29.6 Å². The number of halogens is 1. The molecule has 2 aliphatic rings. The second-order valence-electron chi connectivity index (χ2n) is 8.40. The van der Waals surface area contributed by atoms with Crippen molar-refractivity contribution < 1.29 is 28.9 Å². The predicted molar refractivity (Wildman–Crippen MR) is 112 cm³/mol. The molecule has 1 aromatic carbocycles. The van der Waals surface area contributed by atoms with Crippen LogP contribution in [0.3, 0.4) is 0 Å². The standard InChI is InChI=1S/C21H27FN3O6/c1-12-10-30-20-17-14(7-16(22)18(20)25(2)5-3-23-4-6-25)19(28)15(8-24(12)17)21(29)31-11-13(27)9-26/h7-8,12-13,23,26-27H,3-6,9-11H2,1-2H3/q+1. The highest BCUT2D eigenvalue weighted by Crippen LogP contribution is 2.44. The zero-order chi connectivity index (χ0) is 22.3. The van der Waals surface area contributed by atoms with Crippen LogP contribution in [0, 0.1) is 5.82 Å². The Morgan fingerprint density at radius 2 is 2.16 bits per heavy atom. The predicted octanol–water partition coefficient (Wildman–Crippen LogP) is 0.144. The van der Waals surface area contributed by atoms with E-state index in [0.717, 1.165) is 13.1 Å². The van der Waals surface area contributed by atoms with Crippen molar-refractivity contribution in [1.29, 1.82) is 0 Å². The molecule has 1 saturated heterocycles. The molecule has 3 N–H and O–H groups in total. The number of aromatic nitrogens is 1.